The van der Waals surface area contributed by atoms with Crippen LogP contribution < -0.4 is 13.6 Å². The first kappa shape index (κ1) is 84.5. The molecule has 3 aromatic carbocycles. The van der Waals surface area contributed by atoms with Crippen molar-refractivity contribution in [3.63, 3.8) is 0 Å². The van der Waals surface area contributed by atoms with E-state index in [1.165, 1.54) is 0 Å². The van der Waals surface area contributed by atoms with Gasteiger partial charge in [0.05, 0.1) is 26.8 Å². The molecule has 0 amide bonds. The van der Waals surface area contributed by atoms with Crippen molar-refractivity contribution in [1.82, 2.24) is 0 Å². The van der Waals surface area contributed by atoms with E-state index in [9.17, 15) is 0 Å². The van der Waals surface area contributed by atoms with Crippen LogP contribution in [0, 0.1) is 32.5 Å². The maximum atomic E-state index is 18.0. The molecule has 0 heterocycles. The Morgan fingerprint density at radius 2 is 0.400 bits per heavy atom. The Hall–Kier alpha value is 10.3. The first-order valence-corrected chi connectivity index (χ1v) is 47.4. The van der Waals surface area contributed by atoms with Crippen molar-refractivity contribution in [2.45, 2.75) is 102 Å². The molecule has 0 saturated carbocycles. The molecule has 0 unspecified atom stereocenters. The topological polar surface area (TPSA) is 44.8 Å². The Morgan fingerprint density at radius 1 is 0.263 bits per heavy atom. The van der Waals surface area contributed by atoms with Gasteiger partial charge in [-0.1, -0.05) is 370 Å². The maximum absolute atomic E-state index is 18.0. The summed E-state index contributed by atoms with van der Waals surface area (Å²) in [5.74, 6) is 0.247. The Morgan fingerprint density at radius 3 is 0.537 bits per heavy atom. The summed E-state index contributed by atoms with van der Waals surface area (Å²) in [7, 11) is -5.38. The Labute approximate surface area is 700 Å². The molecule has 458 valence electrons. The third kappa shape index (κ3) is 15.9. The second-order valence-corrected chi connectivity index (χ2v) is 54.9. The minimum Gasteiger partial charge on any atom is -0.384 e. The van der Waals surface area contributed by atoms with Crippen LogP contribution in [0.2, 0.25) is 0 Å². The highest BCUT2D eigenvalue weighted by Crippen LogP contribution is 2.73. The average Bonchev–Trinajstić information content (AvgIpc) is 3.35. The van der Waals surface area contributed by atoms with Gasteiger partial charge in [-0.05, 0) is 143 Å². The van der Waals surface area contributed by atoms with Crippen LogP contribution in [0.25, 0.3) is 0 Å². The summed E-state index contributed by atoms with van der Waals surface area (Å²) in [6, 6.07) is 0. The molecule has 3 rings (SSSR count). The Kier molecular flexibility index (Phi) is 32.1. The van der Waals surface area contributed by atoms with Crippen molar-refractivity contribution in [3.05, 3.63) is 73.6 Å². The molecule has 0 aromatic heterocycles. The van der Waals surface area contributed by atoms with Gasteiger partial charge in [0.2, 0.25) is 0 Å². The molecule has 0 fully saturated rings. The van der Waals surface area contributed by atoms with Gasteiger partial charge >= 0.3 is 7.82 Å². The lowest BCUT2D eigenvalue weighted by molar-refractivity contribution is 0.284. The fourth-order valence-electron chi connectivity index (χ4n) is 6.88. The fourth-order valence-corrected chi connectivity index (χ4v) is 29.0. The lowest BCUT2D eigenvalue weighted by Crippen LogP contribution is -2.40. The van der Waals surface area contributed by atoms with Crippen molar-refractivity contribution in [2.24, 2.45) is 32.5 Å². The van der Waals surface area contributed by atoms with Crippen LogP contribution >= 0.6 is 438 Å². The summed E-state index contributed by atoms with van der Waals surface area (Å²) in [6.45, 7) is 25.1. The summed E-state index contributed by atoms with van der Waals surface area (Å²) in [4.78, 5) is 0. The van der Waals surface area contributed by atoms with Crippen LogP contribution in [0.1, 0.15) is 116 Å². The van der Waals surface area contributed by atoms with Crippen molar-refractivity contribution < 1.29 is 18.1 Å². The lowest BCUT2D eigenvalue weighted by atomic mass is 9.80. The zero-order valence-corrected chi connectivity index (χ0v) is 87.2. The molecule has 80 heavy (non-hydrogen) atoms. The van der Waals surface area contributed by atoms with Gasteiger partial charge in [-0.3, -0.25) is 0 Å². The Bertz CT molecular complexity index is 2590. The van der Waals surface area contributed by atoms with Crippen molar-refractivity contribution in [1.29, 1.82) is 0 Å². The minimum absolute atomic E-state index is 0.0824. The van der Waals surface area contributed by atoms with Gasteiger partial charge in [0.1, 0.15) is 19.4 Å². The number of rotatable bonds is 24. The second-order valence-electron chi connectivity index (χ2n) is 22.3. The van der Waals surface area contributed by atoms with E-state index in [1.807, 2.05) is 0 Å². The smallest absolute Gasteiger partial charge is 0.384 e. The first-order valence-electron chi connectivity index (χ1n) is 22.5. The average molecular weight is 2880 g/mol. The van der Waals surface area contributed by atoms with Crippen LogP contribution in [-0.2, 0) is 24.0 Å². The summed E-state index contributed by atoms with van der Waals surface area (Å²) in [5.41, 5.74) is -0.197. The fraction of sp³-hybridized carbons (Fsp3) is 0.625. The lowest BCUT2D eigenvalue weighted by Gasteiger charge is -2.46. The molecule has 3 aromatic rings. The number of benzene rings is 3. The van der Waals surface area contributed by atoms with Gasteiger partial charge in [-0.2, -0.15) is 4.57 Å². The van der Waals surface area contributed by atoms with Crippen molar-refractivity contribution in [3.8, 4) is 17.2 Å². The van der Waals surface area contributed by atoms with E-state index >= 15 is 4.57 Å². The van der Waals surface area contributed by atoms with Crippen LogP contribution in [0.5, 0.6) is 17.2 Å². The first-order chi connectivity index (χ1) is 35.6. The normalized spacial score (nSPS) is 14.5. The zero-order valence-electron chi connectivity index (χ0n) is 43.5. The number of hydrogen-bond acceptors (Lipinski definition) is 4. The maximum Gasteiger partial charge on any atom is 0.647 e. The molecule has 4 nitrogen and oxygen atoms in total. The molecule has 0 atom stereocenters. The summed E-state index contributed by atoms with van der Waals surface area (Å²) in [5, 5.41) is 3.03. The molecule has 0 aliphatic carbocycles. The summed E-state index contributed by atoms with van der Waals surface area (Å²) >= 11 is 109. The van der Waals surface area contributed by atoms with Crippen molar-refractivity contribution in [2.75, 3.05) is 32.0 Å². The molecule has 0 spiro atoms. The molecule has 0 bridgehead atoms. The van der Waals surface area contributed by atoms with Crippen LogP contribution in [0.15, 0.2) is 40.3 Å². The van der Waals surface area contributed by atoms with Gasteiger partial charge in [0.25, 0.3) is 0 Å². The van der Waals surface area contributed by atoms with Gasteiger partial charge in [0.15, 0.2) is 17.2 Å². The quantitative estimate of drug-likeness (QED) is 0.0509. The molecule has 0 N–H and O–H groups in total. The van der Waals surface area contributed by atoms with Gasteiger partial charge in [-0.25, -0.2) is 0 Å². The predicted molar refractivity (Wildman–Crippen MR) is 441 cm³/mol. The summed E-state index contributed by atoms with van der Waals surface area (Å²) < 4.78 is 38.5. The van der Waals surface area contributed by atoms with Crippen LogP contribution in [0.3, 0.4) is 0 Å². The molecule has 0 aliphatic heterocycles. The largest absolute Gasteiger partial charge is 0.647 e. The number of alkyl halides is 18. The Balaban J connectivity index is 3.16. The highest BCUT2D eigenvalue weighted by Gasteiger charge is 2.59. The highest BCUT2D eigenvalue weighted by atomic mass is 80.0. The second kappa shape index (κ2) is 30.4. The monoisotopic (exact) mass is 2850 g/mol. The van der Waals surface area contributed by atoms with Crippen LogP contribution in [-0.4, -0.2) is 32.0 Å². The molecule has 0 saturated heterocycles. The van der Waals surface area contributed by atoms with E-state index in [2.05, 4.69) is 513 Å². The molecule has 32 heteroatoms. The van der Waals surface area contributed by atoms with Crippen molar-refractivity contribution >= 4 is 438 Å². The van der Waals surface area contributed by atoms with E-state index in [0.717, 1.165) is 0 Å². The number of phosphoric ester groups is 1. The predicted octanol–water partition coefficient (Wildman–Crippen LogP) is 32.4. The molecular weight excluding hydrogens is 2830 g/mol. The third-order valence-corrected chi connectivity index (χ3v) is 50.9. The standard InChI is InChI=1S/C48H48Br27O4P/c1-37(2,13-49)43(64,65)19-22(46(70,71)40(7,8)16-52)34(31(61)28(58)25(19)55)77-80(76,78-35-23(47(72,73)41(9,10)17-53)20(26(56)29(59)32(35)62)44(66,67)38(3,4)14-50)79-36-24(48(74,75)42(11,12)18-54)21(27(57)30(60)33(36)63)45(68,69)39(5,6)15-51/h13-18H2,1-12H3. The van der Waals surface area contributed by atoms with E-state index in [-0.39, 0.29) is 17.2 Å². The van der Waals surface area contributed by atoms with E-state index in [4.69, 9.17) is 13.6 Å². The van der Waals surface area contributed by atoms with Gasteiger partial charge in [-0.15, -0.1) is 0 Å². The number of hydrogen-bond donors (Lipinski definition) is 0. The van der Waals surface area contributed by atoms with Crippen LogP contribution in [0.4, 0.5) is 0 Å². The minimum atomic E-state index is -5.38. The number of phosphoric acid groups is 1. The molecular formula is C48H48Br27O4P. The number of halogens is 27. The van der Waals surface area contributed by atoms with E-state index < -0.39 is 59.7 Å². The summed E-state index contributed by atoms with van der Waals surface area (Å²) in [6.07, 6.45) is 0. The van der Waals surface area contributed by atoms with E-state index in [1.54, 1.807) is 0 Å². The third-order valence-electron chi connectivity index (χ3n) is 13.4. The zero-order chi connectivity index (χ0) is 63.3. The van der Waals surface area contributed by atoms with Gasteiger partial charge < -0.3 is 13.6 Å². The SMILES string of the molecule is CC(C)(CBr)C(Br)(Br)c1c(Br)c(Br)c(Br)c(OP(=O)(Oc2c(Br)c(Br)c(Br)c(C(Br)(Br)C(C)(C)CBr)c2C(Br)(Br)C(C)(C)CBr)Oc2c(Br)c(Br)c(Br)c(C(Br)(Br)C(C)(C)CBr)c2C(Br)(Br)C(C)(C)CBr)c1C(Br)(Br)C(C)(C)CBr. The molecule has 0 aliphatic rings. The van der Waals surface area contributed by atoms with E-state index in [0.29, 0.717) is 106 Å². The molecule has 0 radical (unpaired) electrons. The highest BCUT2D eigenvalue weighted by molar-refractivity contribution is 9.27. The van der Waals surface area contributed by atoms with Gasteiger partial charge in [0, 0.05) is 111 Å².